The van der Waals surface area contributed by atoms with E-state index in [-0.39, 0.29) is 11.9 Å². The number of methoxy groups -OCH3 is 2. The maximum absolute atomic E-state index is 12.5. The summed E-state index contributed by atoms with van der Waals surface area (Å²) in [6.45, 7) is 3.94. The average molecular weight is 454 g/mol. The molecule has 0 spiro atoms. The molecule has 4 rings (SSSR count). The molecule has 3 aromatic rings. The number of benzene rings is 2. The Bertz CT molecular complexity index is 1210. The maximum Gasteiger partial charge on any atom is 0.240 e. The number of carbonyl (C=O) groups is 1. The Labute approximate surface area is 191 Å². The first-order valence-electron chi connectivity index (χ1n) is 10.3. The molecule has 1 aromatic heterocycles. The maximum atomic E-state index is 12.5. The molecule has 2 heterocycles. The second-order valence-corrected chi connectivity index (χ2v) is 7.68. The van der Waals surface area contributed by atoms with Crippen LogP contribution >= 0.6 is 11.6 Å². The quantitative estimate of drug-likeness (QED) is 0.491. The number of para-hydroxylation sites is 1. The number of hydrogen-bond donors (Lipinski definition) is 0. The van der Waals surface area contributed by atoms with Crippen LogP contribution in [0.2, 0.25) is 5.15 Å². The number of amides is 1. The first-order chi connectivity index (χ1) is 15.5. The number of nitrogens with zero attached hydrogens (tertiary/aromatic N) is 3. The van der Waals surface area contributed by atoms with Gasteiger partial charge < -0.3 is 14.2 Å². The molecule has 0 saturated heterocycles. The molecular formula is C24H24ClN3O4. The third-order valence-electron chi connectivity index (χ3n) is 5.40. The minimum absolute atomic E-state index is 0.184. The van der Waals surface area contributed by atoms with E-state index < -0.39 is 0 Å². The molecule has 1 atom stereocenters. The topological polar surface area (TPSA) is 73.2 Å². The van der Waals surface area contributed by atoms with Crippen molar-refractivity contribution in [3.8, 4) is 17.2 Å². The number of carbonyl (C=O) groups excluding carboxylic acids is 1. The van der Waals surface area contributed by atoms with Gasteiger partial charge in [-0.3, -0.25) is 4.79 Å². The first-order valence-corrected chi connectivity index (χ1v) is 10.7. The van der Waals surface area contributed by atoms with Crippen molar-refractivity contribution in [1.82, 2.24) is 9.99 Å². The average Bonchev–Trinajstić information content (AvgIpc) is 3.24. The molecule has 0 fully saturated rings. The van der Waals surface area contributed by atoms with Crippen LogP contribution in [0.15, 0.2) is 47.6 Å². The summed E-state index contributed by atoms with van der Waals surface area (Å²) in [4.78, 5) is 17.1. The van der Waals surface area contributed by atoms with E-state index in [1.165, 1.54) is 11.9 Å². The van der Waals surface area contributed by atoms with E-state index >= 15 is 0 Å². The fourth-order valence-electron chi connectivity index (χ4n) is 3.91. The van der Waals surface area contributed by atoms with E-state index in [0.29, 0.717) is 40.9 Å². The van der Waals surface area contributed by atoms with Crippen molar-refractivity contribution in [3.05, 3.63) is 58.7 Å². The normalized spacial score (nSPS) is 15.6. The Kier molecular flexibility index (Phi) is 6.19. The van der Waals surface area contributed by atoms with Gasteiger partial charge in [0.1, 0.15) is 27.9 Å². The van der Waals surface area contributed by atoms with Crippen LogP contribution in [-0.2, 0) is 4.79 Å². The third kappa shape index (κ3) is 3.96. The van der Waals surface area contributed by atoms with Crippen molar-refractivity contribution in [1.29, 1.82) is 0 Å². The van der Waals surface area contributed by atoms with Gasteiger partial charge in [-0.15, -0.1) is 0 Å². The lowest BCUT2D eigenvalue weighted by Crippen LogP contribution is -2.24. The lowest BCUT2D eigenvalue weighted by atomic mass is 9.97. The second-order valence-electron chi connectivity index (χ2n) is 7.33. The first kappa shape index (κ1) is 21.9. The van der Waals surface area contributed by atoms with Crippen LogP contribution in [0, 0.1) is 0 Å². The summed E-state index contributed by atoms with van der Waals surface area (Å²) in [5, 5.41) is 7.28. The molecule has 32 heavy (non-hydrogen) atoms. The predicted molar refractivity (Wildman–Crippen MR) is 124 cm³/mol. The van der Waals surface area contributed by atoms with Crippen LogP contribution in [0.5, 0.6) is 17.2 Å². The van der Waals surface area contributed by atoms with E-state index in [1.54, 1.807) is 20.3 Å². The van der Waals surface area contributed by atoms with Crippen molar-refractivity contribution in [2.75, 3.05) is 20.8 Å². The third-order valence-corrected chi connectivity index (χ3v) is 5.70. The van der Waals surface area contributed by atoms with E-state index in [1.807, 2.05) is 43.3 Å². The summed E-state index contributed by atoms with van der Waals surface area (Å²) in [6, 6.07) is 12.8. The summed E-state index contributed by atoms with van der Waals surface area (Å²) in [6.07, 6.45) is 0.473. The van der Waals surface area contributed by atoms with Crippen LogP contribution in [0.3, 0.4) is 0 Å². The lowest BCUT2D eigenvalue weighted by molar-refractivity contribution is -0.130. The zero-order chi connectivity index (χ0) is 22.8. The zero-order valence-corrected chi connectivity index (χ0v) is 19.1. The van der Waals surface area contributed by atoms with Gasteiger partial charge in [-0.05, 0) is 31.2 Å². The molecular weight excluding hydrogens is 430 g/mol. The van der Waals surface area contributed by atoms with Crippen LogP contribution in [-0.4, -0.2) is 42.4 Å². The van der Waals surface area contributed by atoms with E-state index in [4.69, 9.17) is 25.8 Å². The molecule has 8 heteroatoms. The minimum atomic E-state index is -0.380. The van der Waals surface area contributed by atoms with Crippen molar-refractivity contribution in [2.45, 2.75) is 26.3 Å². The molecule has 0 radical (unpaired) electrons. The molecule has 2 aromatic carbocycles. The smallest absolute Gasteiger partial charge is 0.240 e. The Hall–Kier alpha value is -3.32. The number of halogens is 1. The highest BCUT2D eigenvalue weighted by Crippen LogP contribution is 2.40. The second kappa shape index (κ2) is 9.04. The Morgan fingerprint density at radius 3 is 2.66 bits per heavy atom. The standard InChI is InChI=1S/C24H24ClN3O4/c1-5-32-21-8-6-7-15-11-18(24(25)26-23(15)21)20-13-19(27-28(20)14(2)29)17-10-9-16(30-3)12-22(17)31-4/h6-12,20H,5,13H2,1-4H3/t20-/m0/s1. The van der Waals surface area contributed by atoms with Gasteiger partial charge in [-0.1, -0.05) is 23.7 Å². The molecule has 1 amide bonds. The van der Waals surface area contributed by atoms with Crippen LogP contribution in [0.25, 0.3) is 10.9 Å². The van der Waals surface area contributed by atoms with Crippen molar-refractivity contribution < 1.29 is 19.0 Å². The lowest BCUT2D eigenvalue weighted by Gasteiger charge is -2.21. The summed E-state index contributed by atoms with van der Waals surface area (Å²) in [5.41, 5.74) is 2.94. The molecule has 166 valence electrons. The van der Waals surface area contributed by atoms with Crippen LogP contribution in [0.4, 0.5) is 0 Å². The minimum Gasteiger partial charge on any atom is -0.497 e. The van der Waals surface area contributed by atoms with Gasteiger partial charge >= 0.3 is 0 Å². The summed E-state index contributed by atoms with van der Waals surface area (Å²) in [7, 11) is 3.19. The van der Waals surface area contributed by atoms with Gasteiger partial charge in [0.15, 0.2) is 0 Å². The highest BCUT2D eigenvalue weighted by atomic mass is 35.5. The highest BCUT2D eigenvalue weighted by molar-refractivity contribution is 6.30. The van der Waals surface area contributed by atoms with Gasteiger partial charge in [-0.2, -0.15) is 5.10 Å². The Morgan fingerprint density at radius 2 is 1.97 bits per heavy atom. The fraction of sp³-hybridized carbons (Fsp3) is 0.292. The number of hydrogen-bond acceptors (Lipinski definition) is 6. The van der Waals surface area contributed by atoms with Crippen molar-refractivity contribution >= 4 is 34.1 Å². The SMILES string of the molecule is CCOc1cccc2cc([C@@H]3CC(c4ccc(OC)cc4OC)=NN3C(C)=O)c(Cl)nc12. The number of rotatable bonds is 6. The van der Waals surface area contributed by atoms with Gasteiger partial charge in [0.25, 0.3) is 0 Å². The van der Waals surface area contributed by atoms with Crippen LogP contribution < -0.4 is 14.2 Å². The summed E-state index contributed by atoms with van der Waals surface area (Å²) < 4.78 is 16.5. The molecule has 7 nitrogen and oxygen atoms in total. The van der Waals surface area contributed by atoms with Crippen LogP contribution in [0.1, 0.15) is 37.4 Å². The van der Waals surface area contributed by atoms with Crippen molar-refractivity contribution in [3.63, 3.8) is 0 Å². The molecule has 0 N–H and O–H groups in total. The van der Waals surface area contributed by atoms with Crippen molar-refractivity contribution in [2.24, 2.45) is 5.10 Å². The fourth-order valence-corrected chi connectivity index (χ4v) is 4.18. The molecule has 0 aliphatic carbocycles. The van der Waals surface area contributed by atoms with Gasteiger partial charge in [0.05, 0.1) is 32.6 Å². The molecule has 0 saturated carbocycles. The van der Waals surface area contributed by atoms with E-state index in [9.17, 15) is 4.79 Å². The number of aromatic nitrogens is 1. The number of fused-ring (bicyclic) bond motifs is 1. The molecule has 0 bridgehead atoms. The van der Waals surface area contributed by atoms with Gasteiger partial charge in [-0.25, -0.2) is 9.99 Å². The Morgan fingerprint density at radius 1 is 1.16 bits per heavy atom. The number of ether oxygens (including phenoxy) is 3. The van der Waals surface area contributed by atoms with E-state index in [0.717, 1.165) is 22.2 Å². The van der Waals surface area contributed by atoms with E-state index in [2.05, 4.69) is 10.1 Å². The highest BCUT2D eigenvalue weighted by Gasteiger charge is 2.34. The molecule has 1 aliphatic rings. The largest absolute Gasteiger partial charge is 0.497 e. The zero-order valence-electron chi connectivity index (χ0n) is 18.4. The summed E-state index contributed by atoms with van der Waals surface area (Å²) in [5.74, 6) is 1.79. The van der Waals surface area contributed by atoms with Gasteiger partial charge in [0.2, 0.25) is 5.91 Å². The number of hydrazone groups is 1. The van der Waals surface area contributed by atoms with Gasteiger partial charge in [0, 0.05) is 35.9 Å². The monoisotopic (exact) mass is 453 g/mol. The molecule has 0 unspecified atom stereocenters. The number of pyridine rings is 1. The summed E-state index contributed by atoms with van der Waals surface area (Å²) >= 11 is 6.62. The molecule has 1 aliphatic heterocycles. The Balaban J connectivity index is 1.76. The predicted octanol–water partition coefficient (Wildman–Crippen LogP) is 5.00.